The van der Waals surface area contributed by atoms with E-state index in [0.29, 0.717) is 17.2 Å². The molecule has 1 amide bonds. The molecule has 1 aromatic rings. The number of nitrogens with one attached hydrogen (secondary N) is 1. The molecule has 0 bridgehead atoms. The van der Waals surface area contributed by atoms with Crippen molar-refractivity contribution in [1.29, 1.82) is 5.39 Å². The largest absolute Gasteiger partial charge is 0.406 e. The van der Waals surface area contributed by atoms with Gasteiger partial charge in [-0.05, 0) is 13.0 Å². The summed E-state index contributed by atoms with van der Waals surface area (Å²) in [4.78, 5) is 17.7. The zero-order chi connectivity index (χ0) is 9.84. The monoisotopic (exact) mass is 177 g/mol. The summed E-state index contributed by atoms with van der Waals surface area (Å²) in [5, 5.41) is 11.0. The molecule has 0 saturated heterocycles. The molecule has 0 radical (unpaired) electrons. The van der Waals surface area contributed by atoms with E-state index in [1.165, 1.54) is 6.92 Å². The number of carbonyl (C=O) groups is 1. The van der Waals surface area contributed by atoms with E-state index in [9.17, 15) is 4.79 Å². The molecule has 1 N–H and O–H groups in total. The van der Waals surface area contributed by atoms with Gasteiger partial charge in [-0.1, -0.05) is 0 Å². The number of hydrogen-bond donors (Lipinski definition) is 1. The van der Waals surface area contributed by atoms with E-state index < -0.39 is 0 Å². The Kier molecular flexibility index (Phi) is 2.55. The Labute approximate surface area is 75.4 Å². The molecule has 0 saturated carbocycles. The summed E-state index contributed by atoms with van der Waals surface area (Å²) in [5.41, 5.74) is 0.961. The van der Waals surface area contributed by atoms with Gasteiger partial charge < -0.3 is 5.32 Å². The van der Waals surface area contributed by atoms with Crippen LogP contribution in [-0.2, 0) is 4.79 Å². The van der Waals surface area contributed by atoms with E-state index in [1.54, 1.807) is 19.1 Å². The smallest absolute Gasteiger partial charge is 0.311 e. The zero-order valence-corrected chi connectivity index (χ0v) is 7.40. The molecule has 1 aromatic heterocycles. The number of nitrogens with zero attached hydrogens (tertiary/aromatic N) is 3. The number of aromatic nitrogens is 1. The van der Waals surface area contributed by atoms with Crippen LogP contribution in [0.5, 0.6) is 0 Å². The Balaban J connectivity index is 2.97. The third kappa shape index (κ3) is 2.24. The SMILES string of the molecule is CC(=O)Nc1ccc([N+]#N)c(C)n1. The van der Waals surface area contributed by atoms with Crippen molar-refractivity contribution in [3.05, 3.63) is 22.8 Å². The predicted octanol–water partition coefficient (Wildman–Crippen LogP) is 1.83. The van der Waals surface area contributed by atoms with Crippen LogP contribution >= 0.6 is 0 Å². The first-order valence-electron chi connectivity index (χ1n) is 3.74. The van der Waals surface area contributed by atoms with Gasteiger partial charge in [0.05, 0.1) is 0 Å². The lowest BCUT2D eigenvalue weighted by atomic mass is 10.3. The molecule has 0 aromatic carbocycles. The molecule has 13 heavy (non-hydrogen) atoms. The van der Waals surface area contributed by atoms with Crippen LogP contribution in [0, 0.1) is 12.3 Å². The van der Waals surface area contributed by atoms with E-state index in [0.717, 1.165) is 0 Å². The van der Waals surface area contributed by atoms with Crippen molar-refractivity contribution in [2.45, 2.75) is 13.8 Å². The molecule has 66 valence electrons. The Morgan fingerprint density at radius 1 is 1.62 bits per heavy atom. The highest BCUT2D eigenvalue weighted by molar-refractivity contribution is 5.87. The van der Waals surface area contributed by atoms with Gasteiger partial charge >= 0.3 is 5.69 Å². The summed E-state index contributed by atoms with van der Waals surface area (Å²) in [5.74, 6) is 0.276. The zero-order valence-electron chi connectivity index (χ0n) is 7.40. The van der Waals surface area contributed by atoms with E-state index >= 15 is 0 Å². The van der Waals surface area contributed by atoms with Crippen molar-refractivity contribution in [1.82, 2.24) is 4.98 Å². The fraction of sp³-hybridized carbons (Fsp3) is 0.250. The molecule has 0 fully saturated rings. The maximum Gasteiger partial charge on any atom is 0.406 e. The van der Waals surface area contributed by atoms with Gasteiger partial charge in [0.25, 0.3) is 0 Å². The minimum absolute atomic E-state index is 0.180. The second-order valence-corrected chi connectivity index (χ2v) is 2.58. The predicted molar refractivity (Wildman–Crippen MR) is 48.0 cm³/mol. The number of rotatable bonds is 1. The number of carbonyl (C=O) groups excluding carboxylic acids is 1. The van der Waals surface area contributed by atoms with Gasteiger partial charge in [-0.15, -0.1) is 0 Å². The van der Waals surface area contributed by atoms with E-state index in [1.807, 2.05) is 0 Å². The number of anilines is 1. The van der Waals surface area contributed by atoms with Gasteiger partial charge in [0.2, 0.25) is 11.3 Å². The van der Waals surface area contributed by atoms with Crippen LogP contribution in [0.1, 0.15) is 12.6 Å². The number of diazo groups is 1. The van der Waals surface area contributed by atoms with Gasteiger partial charge in [-0.3, -0.25) is 4.79 Å². The van der Waals surface area contributed by atoms with Crippen molar-refractivity contribution >= 4 is 17.4 Å². The first-order valence-corrected chi connectivity index (χ1v) is 3.74. The van der Waals surface area contributed by atoms with Gasteiger partial charge in [-0.25, -0.2) is 4.98 Å². The summed E-state index contributed by atoms with van der Waals surface area (Å²) in [6.45, 7) is 3.10. The molecule has 0 spiro atoms. The van der Waals surface area contributed by atoms with Gasteiger partial charge in [0.15, 0.2) is 4.98 Å². The Morgan fingerprint density at radius 3 is 2.77 bits per heavy atom. The number of hydrogen-bond acceptors (Lipinski definition) is 3. The Morgan fingerprint density at radius 2 is 2.31 bits per heavy atom. The van der Waals surface area contributed by atoms with Crippen LogP contribution in [0.15, 0.2) is 12.1 Å². The van der Waals surface area contributed by atoms with Crippen LogP contribution < -0.4 is 5.32 Å². The minimum atomic E-state index is -0.180. The molecule has 0 aliphatic rings. The average molecular weight is 177 g/mol. The van der Waals surface area contributed by atoms with Gasteiger partial charge in [0.1, 0.15) is 11.5 Å². The van der Waals surface area contributed by atoms with Crippen molar-refractivity contribution in [2.24, 2.45) is 0 Å². The Bertz CT molecular complexity index is 380. The van der Waals surface area contributed by atoms with Gasteiger partial charge in [-0.2, -0.15) is 0 Å². The summed E-state index contributed by atoms with van der Waals surface area (Å²) < 4.78 is 0. The molecule has 0 aliphatic carbocycles. The molecular formula is C8H9N4O+. The Hall–Kier alpha value is -1.96. The van der Waals surface area contributed by atoms with Crippen LogP contribution in [0.25, 0.3) is 4.98 Å². The van der Waals surface area contributed by atoms with E-state index in [-0.39, 0.29) is 5.91 Å². The topological polar surface area (TPSA) is 70.1 Å². The third-order valence-corrected chi connectivity index (χ3v) is 1.47. The summed E-state index contributed by atoms with van der Waals surface area (Å²) in [7, 11) is 0. The highest BCUT2D eigenvalue weighted by Gasteiger charge is 2.11. The van der Waals surface area contributed by atoms with E-state index in [2.05, 4.69) is 15.3 Å². The second kappa shape index (κ2) is 3.63. The molecule has 5 nitrogen and oxygen atoms in total. The molecule has 0 atom stereocenters. The summed E-state index contributed by atoms with van der Waals surface area (Å²) in [6, 6.07) is 3.15. The fourth-order valence-electron chi connectivity index (χ4n) is 0.909. The lowest BCUT2D eigenvalue weighted by Crippen LogP contribution is -2.07. The quantitative estimate of drug-likeness (QED) is 0.665. The van der Waals surface area contributed by atoms with Crippen molar-refractivity contribution in [3.63, 3.8) is 0 Å². The third-order valence-electron chi connectivity index (χ3n) is 1.47. The lowest BCUT2D eigenvalue weighted by molar-refractivity contribution is -0.114. The first-order chi connectivity index (χ1) is 6.13. The highest BCUT2D eigenvalue weighted by atomic mass is 16.1. The minimum Gasteiger partial charge on any atom is -0.311 e. The number of amides is 1. The van der Waals surface area contributed by atoms with Crippen LogP contribution in [0.4, 0.5) is 11.5 Å². The normalized spacial score (nSPS) is 9.00. The number of pyridine rings is 1. The maximum atomic E-state index is 10.7. The van der Waals surface area contributed by atoms with Gasteiger partial charge in [0, 0.05) is 13.0 Å². The summed E-state index contributed by atoms with van der Waals surface area (Å²) >= 11 is 0. The van der Waals surface area contributed by atoms with Crippen molar-refractivity contribution < 1.29 is 4.79 Å². The summed E-state index contributed by atoms with van der Waals surface area (Å²) in [6.07, 6.45) is 0. The fourth-order valence-corrected chi connectivity index (χ4v) is 0.909. The first kappa shape index (κ1) is 9.13. The molecule has 0 unspecified atom stereocenters. The van der Waals surface area contributed by atoms with Crippen molar-refractivity contribution in [3.8, 4) is 0 Å². The van der Waals surface area contributed by atoms with Crippen LogP contribution in [0.2, 0.25) is 0 Å². The molecule has 1 heterocycles. The average Bonchev–Trinajstić information content (AvgIpc) is 2.03. The second-order valence-electron chi connectivity index (χ2n) is 2.58. The molecule has 5 heteroatoms. The molecular weight excluding hydrogens is 168 g/mol. The highest BCUT2D eigenvalue weighted by Crippen LogP contribution is 2.18. The maximum absolute atomic E-state index is 10.7. The van der Waals surface area contributed by atoms with Crippen LogP contribution in [0.3, 0.4) is 0 Å². The lowest BCUT2D eigenvalue weighted by Gasteiger charge is -1.98. The standard InChI is InChI=1S/C8H8N4O/c1-5-7(12-9)3-4-8(10-5)11-6(2)13/h3-4H,1-2H3/p+1. The van der Waals surface area contributed by atoms with Crippen LogP contribution in [-0.4, -0.2) is 10.9 Å². The number of aryl methyl sites for hydroxylation is 1. The molecule has 0 aliphatic heterocycles. The van der Waals surface area contributed by atoms with Crippen molar-refractivity contribution in [2.75, 3.05) is 5.32 Å². The molecule has 1 rings (SSSR count). The van der Waals surface area contributed by atoms with E-state index in [4.69, 9.17) is 5.39 Å².